The lowest BCUT2D eigenvalue weighted by molar-refractivity contribution is 0.0792. The Hall–Kier alpha value is -5.65. The number of primary amides is 1. The third-order valence-corrected chi connectivity index (χ3v) is 8.15. The fraction of sp³-hybridized carbons (Fsp3) is 0.237. The smallest absolute Gasteiger partial charge is 0.405 e. The minimum absolute atomic E-state index is 0.0497. The molecule has 254 valence electrons. The van der Waals surface area contributed by atoms with Crippen molar-refractivity contribution in [3.8, 4) is 11.5 Å². The number of ether oxygens (including phenoxy) is 2. The van der Waals surface area contributed by atoms with Crippen LogP contribution in [0.1, 0.15) is 57.7 Å². The van der Waals surface area contributed by atoms with Crippen molar-refractivity contribution in [1.29, 1.82) is 0 Å². The van der Waals surface area contributed by atoms with Crippen molar-refractivity contribution in [3.05, 3.63) is 141 Å². The lowest BCUT2D eigenvalue weighted by Crippen LogP contribution is -2.29. The summed E-state index contributed by atoms with van der Waals surface area (Å²) < 4.78 is 11.4. The van der Waals surface area contributed by atoms with Crippen molar-refractivity contribution in [2.45, 2.75) is 31.7 Å². The van der Waals surface area contributed by atoms with Crippen LogP contribution < -0.4 is 21.3 Å². The van der Waals surface area contributed by atoms with Crippen LogP contribution in [0.3, 0.4) is 0 Å². The topological polar surface area (TPSA) is 167 Å². The number of nitrogens with zero attached hydrogens (tertiary/aromatic N) is 1. The van der Waals surface area contributed by atoms with E-state index in [1.807, 2.05) is 66.7 Å². The number of aromatic nitrogens is 1. The number of phenolic OH excluding ortho intramolecular Hbond substituents is 1. The monoisotopic (exact) mass is 664 g/mol. The zero-order valence-corrected chi connectivity index (χ0v) is 27.2. The number of aliphatic hydroxyl groups excluding tert-OH is 1. The fourth-order valence-electron chi connectivity index (χ4n) is 5.57. The Morgan fingerprint density at radius 3 is 2.43 bits per heavy atom. The van der Waals surface area contributed by atoms with Gasteiger partial charge in [0.1, 0.15) is 18.1 Å². The molecule has 2 atom stereocenters. The maximum atomic E-state index is 13.0. The largest absolute Gasteiger partial charge is 0.506 e. The first-order chi connectivity index (χ1) is 23.7. The van der Waals surface area contributed by atoms with Gasteiger partial charge in [0, 0.05) is 42.7 Å². The molecule has 0 aliphatic carbocycles. The second kappa shape index (κ2) is 16.4. The lowest BCUT2D eigenvalue weighted by atomic mass is 10.0. The summed E-state index contributed by atoms with van der Waals surface area (Å²) in [4.78, 5) is 40.5. The van der Waals surface area contributed by atoms with Crippen LogP contribution >= 0.6 is 0 Å². The number of carbonyl (C=O) groups is 2. The number of aliphatic hydroxyl groups is 1. The van der Waals surface area contributed by atoms with Crippen LogP contribution in [0, 0.1) is 0 Å². The van der Waals surface area contributed by atoms with Crippen molar-refractivity contribution in [2.24, 2.45) is 5.73 Å². The Bertz CT molecular complexity index is 1930. The van der Waals surface area contributed by atoms with Gasteiger partial charge in [-0.1, -0.05) is 60.7 Å². The van der Waals surface area contributed by atoms with E-state index < -0.39 is 18.3 Å². The standard InChI is InChI=1S/C38H40N4O7/c1-42(21-6-5-20-40-23-33(44)30-16-18-32(43)35-31(30)17-19-34(45)41-35)37(46)27-14-12-25(13-15-27)24-48-29-11-7-10-28(22-29)36(49-38(39)47)26-8-3-2-4-9-26/h2-4,7-19,22,33,36,40,43-44H,5-6,20-21,23-24H2,1H3,(H2,39,47)(H,41,45). The molecule has 2 amide bonds. The van der Waals surface area contributed by atoms with Crippen LogP contribution in [-0.2, 0) is 11.3 Å². The van der Waals surface area contributed by atoms with Crippen LogP contribution in [-0.4, -0.2) is 58.8 Å². The lowest BCUT2D eigenvalue weighted by Gasteiger charge is -2.19. The van der Waals surface area contributed by atoms with E-state index in [0.29, 0.717) is 47.4 Å². The molecule has 1 aromatic heterocycles. The molecule has 0 aliphatic heterocycles. The van der Waals surface area contributed by atoms with Crippen molar-refractivity contribution in [2.75, 3.05) is 26.7 Å². The summed E-state index contributed by atoms with van der Waals surface area (Å²) >= 11 is 0. The van der Waals surface area contributed by atoms with Gasteiger partial charge in [0.25, 0.3) is 5.91 Å². The molecule has 5 aromatic rings. The molecule has 6 N–H and O–H groups in total. The van der Waals surface area contributed by atoms with Gasteiger partial charge in [-0.2, -0.15) is 0 Å². The first-order valence-electron chi connectivity index (χ1n) is 16.0. The number of aromatic hydroxyl groups is 1. The Morgan fingerprint density at radius 2 is 1.67 bits per heavy atom. The van der Waals surface area contributed by atoms with Crippen molar-refractivity contribution >= 4 is 22.9 Å². The maximum absolute atomic E-state index is 13.0. The molecule has 0 saturated heterocycles. The number of fused-ring (bicyclic) bond motifs is 1. The Morgan fingerprint density at radius 1 is 0.918 bits per heavy atom. The zero-order chi connectivity index (χ0) is 34.8. The summed E-state index contributed by atoms with van der Waals surface area (Å²) in [5, 5.41) is 24.6. The Kier molecular flexibility index (Phi) is 11.6. The van der Waals surface area contributed by atoms with Crippen molar-refractivity contribution in [3.63, 3.8) is 0 Å². The number of nitrogens with two attached hydrogens (primary N) is 1. The summed E-state index contributed by atoms with van der Waals surface area (Å²) in [7, 11) is 1.77. The number of amides is 2. The van der Waals surface area contributed by atoms with Gasteiger partial charge in [-0.25, -0.2) is 4.79 Å². The number of aromatic amines is 1. The van der Waals surface area contributed by atoms with E-state index in [9.17, 15) is 24.6 Å². The number of hydrogen-bond donors (Lipinski definition) is 5. The molecular formula is C38H40N4O7. The molecule has 5 rings (SSSR count). The molecule has 0 saturated carbocycles. The van der Waals surface area contributed by atoms with Gasteiger partial charge >= 0.3 is 6.09 Å². The van der Waals surface area contributed by atoms with E-state index in [2.05, 4.69) is 10.3 Å². The van der Waals surface area contributed by atoms with E-state index in [4.69, 9.17) is 15.2 Å². The van der Waals surface area contributed by atoms with Crippen molar-refractivity contribution < 1.29 is 29.3 Å². The summed E-state index contributed by atoms with van der Waals surface area (Å²) in [6, 6.07) is 30.0. The molecular weight excluding hydrogens is 624 g/mol. The van der Waals surface area contributed by atoms with Crippen LogP contribution in [0.4, 0.5) is 4.79 Å². The number of hydrogen-bond acceptors (Lipinski definition) is 8. The second-order valence-corrected chi connectivity index (χ2v) is 11.7. The number of benzene rings is 4. The summed E-state index contributed by atoms with van der Waals surface area (Å²) in [5.41, 5.74) is 8.89. The normalized spacial score (nSPS) is 12.3. The average molecular weight is 665 g/mol. The van der Waals surface area contributed by atoms with E-state index >= 15 is 0 Å². The average Bonchev–Trinajstić information content (AvgIpc) is 3.11. The predicted molar refractivity (Wildman–Crippen MR) is 186 cm³/mol. The van der Waals surface area contributed by atoms with Gasteiger partial charge in [0.15, 0.2) is 6.10 Å². The van der Waals surface area contributed by atoms with Crippen LogP contribution in [0.5, 0.6) is 11.5 Å². The Balaban J connectivity index is 1.05. The highest BCUT2D eigenvalue weighted by atomic mass is 16.6. The van der Waals surface area contributed by atoms with Gasteiger partial charge in [-0.3, -0.25) is 9.59 Å². The van der Waals surface area contributed by atoms with Crippen LogP contribution in [0.15, 0.2) is 108 Å². The molecule has 2 unspecified atom stereocenters. The highest BCUT2D eigenvalue weighted by Crippen LogP contribution is 2.30. The molecule has 4 aromatic carbocycles. The first kappa shape index (κ1) is 34.7. The van der Waals surface area contributed by atoms with Gasteiger partial charge in [-0.05, 0) is 72.5 Å². The van der Waals surface area contributed by atoms with E-state index in [0.717, 1.165) is 29.5 Å². The quantitative estimate of drug-likeness (QED) is 0.0956. The molecule has 0 bridgehead atoms. The summed E-state index contributed by atoms with van der Waals surface area (Å²) in [5.74, 6) is 0.468. The van der Waals surface area contributed by atoms with E-state index in [1.54, 1.807) is 36.2 Å². The number of phenols is 1. The minimum Gasteiger partial charge on any atom is -0.506 e. The van der Waals surface area contributed by atoms with Crippen LogP contribution in [0.2, 0.25) is 0 Å². The molecule has 0 radical (unpaired) electrons. The molecule has 49 heavy (non-hydrogen) atoms. The van der Waals surface area contributed by atoms with Gasteiger partial charge < -0.3 is 40.6 Å². The predicted octanol–water partition coefficient (Wildman–Crippen LogP) is 5.17. The number of nitrogens with one attached hydrogen (secondary N) is 2. The third-order valence-electron chi connectivity index (χ3n) is 8.15. The SMILES string of the molecule is CN(CCCCNCC(O)c1ccc(O)c2[nH]c(=O)ccc12)C(=O)c1ccc(COc2cccc(C(OC(N)=O)c3ccccc3)c2)cc1. The molecule has 11 nitrogen and oxygen atoms in total. The molecule has 1 heterocycles. The third kappa shape index (κ3) is 9.25. The van der Waals surface area contributed by atoms with E-state index in [-0.39, 0.29) is 23.8 Å². The van der Waals surface area contributed by atoms with Gasteiger partial charge in [-0.15, -0.1) is 0 Å². The van der Waals surface area contributed by atoms with Gasteiger partial charge in [0.2, 0.25) is 5.56 Å². The number of pyridine rings is 1. The Labute approximate surface area is 283 Å². The highest BCUT2D eigenvalue weighted by molar-refractivity contribution is 5.94. The first-order valence-corrected chi connectivity index (χ1v) is 16.0. The maximum Gasteiger partial charge on any atom is 0.405 e. The summed E-state index contributed by atoms with van der Waals surface area (Å²) in [6.45, 7) is 1.80. The molecule has 0 fully saturated rings. The zero-order valence-electron chi connectivity index (χ0n) is 27.2. The molecule has 0 aliphatic rings. The van der Waals surface area contributed by atoms with E-state index in [1.165, 1.54) is 12.1 Å². The summed E-state index contributed by atoms with van der Waals surface area (Å²) in [6.07, 6.45) is -0.790. The highest BCUT2D eigenvalue weighted by Gasteiger charge is 2.19. The number of unbranched alkanes of at least 4 members (excludes halogenated alkanes) is 1. The minimum atomic E-state index is -0.868. The number of rotatable bonds is 15. The molecule has 11 heteroatoms. The van der Waals surface area contributed by atoms with Gasteiger partial charge in [0.05, 0.1) is 11.6 Å². The van der Waals surface area contributed by atoms with Crippen LogP contribution in [0.25, 0.3) is 10.9 Å². The van der Waals surface area contributed by atoms with Crippen molar-refractivity contribution in [1.82, 2.24) is 15.2 Å². The second-order valence-electron chi connectivity index (χ2n) is 11.7. The number of H-pyrrole nitrogens is 1. The molecule has 0 spiro atoms. The fourth-order valence-corrected chi connectivity index (χ4v) is 5.57. The number of carbonyl (C=O) groups excluding carboxylic acids is 2.